The van der Waals surface area contributed by atoms with Crippen molar-refractivity contribution in [1.29, 1.82) is 0 Å². The van der Waals surface area contributed by atoms with Gasteiger partial charge in [-0.25, -0.2) is 18.2 Å². The van der Waals surface area contributed by atoms with Crippen LogP contribution in [0.1, 0.15) is 10.4 Å². The van der Waals surface area contributed by atoms with E-state index in [4.69, 9.17) is 0 Å². The number of halogens is 3. The van der Waals surface area contributed by atoms with Gasteiger partial charge in [-0.1, -0.05) is 0 Å². The van der Waals surface area contributed by atoms with E-state index in [9.17, 15) is 18.0 Å². The van der Waals surface area contributed by atoms with E-state index in [-0.39, 0.29) is 5.56 Å². The van der Waals surface area contributed by atoms with Gasteiger partial charge in [0.25, 0.3) is 5.91 Å². The summed E-state index contributed by atoms with van der Waals surface area (Å²) in [6.07, 6.45) is 4.84. The number of anilines is 1. The van der Waals surface area contributed by atoms with Gasteiger partial charge in [0.2, 0.25) is 0 Å². The Labute approximate surface area is 116 Å². The fourth-order valence-electron chi connectivity index (χ4n) is 1.94. The average Bonchev–Trinajstić information content (AvgIpc) is 2.96. The topological polar surface area (TPSA) is 46.4 Å². The van der Waals surface area contributed by atoms with Crippen LogP contribution in [0.5, 0.6) is 0 Å². The van der Waals surface area contributed by atoms with Crippen molar-refractivity contribution in [2.24, 2.45) is 0 Å². The van der Waals surface area contributed by atoms with Gasteiger partial charge in [-0.3, -0.25) is 4.79 Å². The molecule has 0 aliphatic carbocycles. The van der Waals surface area contributed by atoms with Crippen molar-refractivity contribution in [2.45, 2.75) is 0 Å². The summed E-state index contributed by atoms with van der Waals surface area (Å²) in [6, 6.07) is 4.81. The third-order valence-electron chi connectivity index (χ3n) is 2.95. The number of nitrogens with one attached hydrogen (secondary N) is 1. The van der Waals surface area contributed by atoms with Crippen molar-refractivity contribution in [1.82, 2.24) is 9.38 Å². The molecular formula is C14H8F3N3O. The summed E-state index contributed by atoms with van der Waals surface area (Å²) in [5, 5.41) is 2.20. The van der Waals surface area contributed by atoms with Crippen LogP contribution in [0.15, 0.2) is 42.9 Å². The summed E-state index contributed by atoms with van der Waals surface area (Å²) < 4.78 is 41.1. The molecule has 1 N–H and O–H groups in total. The Morgan fingerprint density at radius 3 is 2.71 bits per heavy atom. The number of hydrogen-bond acceptors (Lipinski definition) is 2. The second kappa shape index (κ2) is 4.93. The van der Waals surface area contributed by atoms with E-state index in [1.807, 2.05) is 0 Å². The molecule has 0 radical (unpaired) electrons. The molecule has 0 spiro atoms. The minimum Gasteiger partial charge on any atom is -0.319 e. The van der Waals surface area contributed by atoms with Crippen LogP contribution in [0, 0.1) is 17.5 Å². The Balaban J connectivity index is 1.97. The number of carbonyl (C=O) groups excluding carboxylic acids is 1. The number of aromatic nitrogens is 2. The van der Waals surface area contributed by atoms with E-state index in [1.54, 1.807) is 22.9 Å². The fraction of sp³-hybridized carbons (Fsp3) is 0. The minimum absolute atomic E-state index is 0.187. The van der Waals surface area contributed by atoms with Crippen molar-refractivity contribution in [3.63, 3.8) is 0 Å². The van der Waals surface area contributed by atoms with E-state index in [2.05, 4.69) is 10.3 Å². The number of rotatable bonds is 2. The van der Waals surface area contributed by atoms with Crippen LogP contribution in [-0.2, 0) is 0 Å². The van der Waals surface area contributed by atoms with Gasteiger partial charge in [0.15, 0.2) is 17.5 Å². The zero-order valence-electron chi connectivity index (χ0n) is 10.5. The molecule has 0 bridgehead atoms. The molecule has 1 aromatic carbocycles. The maximum Gasteiger partial charge on any atom is 0.259 e. The van der Waals surface area contributed by atoms with Crippen LogP contribution in [0.2, 0.25) is 0 Å². The molecule has 1 amide bonds. The zero-order valence-corrected chi connectivity index (χ0v) is 10.5. The maximum atomic E-state index is 13.5. The maximum absolute atomic E-state index is 13.5. The number of fused-ring (bicyclic) bond motifs is 1. The third kappa shape index (κ3) is 2.22. The summed E-state index contributed by atoms with van der Waals surface area (Å²) in [4.78, 5) is 16.1. The summed E-state index contributed by atoms with van der Waals surface area (Å²) in [7, 11) is 0. The van der Waals surface area contributed by atoms with Crippen molar-refractivity contribution < 1.29 is 18.0 Å². The molecule has 2 heterocycles. The van der Waals surface area contributed by atoms with Gasteiger partial charge in [0, 0.05) is 18.6 Å². The molecule has 2 aromatic heterocycles. The Bertz CT molecular complexity index is 845. The Morgan fingerprint density at radius 1 is 1.10 bits per heavy atom. The highest BCUT2D eigenvalue weighted by Crippen LogP contribution is 2.21. The van der Waals surface area contributed by atoms with Crippen molar-refractivity contribution in [3.8, 4) is 0 Å². The third-order valence-corrected chi connectivity index (χ3v) is 2.95. The van der Waals surface area contributed by atoms with Crippen LogP contribution in [0.25, 0.3) is 5.65 Å². The van der Waals surface area contributed by atoms with Crippen LogP contribution < -0.4 is 5.32 Å². The fourth-order valence-corrected chi connectivity index (χ4v) is 1.94. The summed E-state index contributed by atoms with van der Waals surface area (Å²) in [6.45, 7) is 0. The standard InChI is InChI=1S/C14H8F3N3O/c15-9-3-4-10(12(17)11(9)16)19-14(21)8-2-1-6-20-7-5-18-13(8)20/h1-7H,(H,19,21). The first kappa shape index (κ1) is 13.2. The van der Waals surface area contributed by atoms with E-state index >= 15 is 0 Å². The molecular weight excluding hydrogens is 283 g/mol. The van der Waals surface area contributed by atoms with Gasteiger partial charge in [-0.2, -0.15) is 0 Å². The molecule has 4 nitrogen and oxygen atoms in total. The molecule has 0 fully saturated rings. The monoisotopic (exact) mass is 291 g/mol. The molecule has 0 atom stereocenters. The second-order valence-corrected chi connectivity index (χ2v) is 4.26. The van der Waals surface area contributed by atoms with Gasteiger partial charge < -0.3 is 9.72 Å². The SMILES string of the molecule is O=C(Nc1ccc(F)c(F)c1F)c1cccn2ccnc12. The Kier molecular flexibility index (Phi) is 3.09. The molecule has 0 aliphatic rings. The Morgan fingerprint density at radius 2 is 1.90 bits per heavy atom. The highest BCUT2D eigenvalue weighted by atomic mass is 19.2. The van der Waals surface area contributed by atoms with E-state index in [0.717, 1.165) is 12.1 Å². The molecule has 0 saturated heterocycles. The molecule has 0 aliphatic heterocycles. The number of benzene rings is 1. The molecule has 106 valence electrons. The Hall–Kier alpha value is -2.83. The van der Waals surface area contributed by atoms with Crippen LogP contribution >= 0.6 is 0 Å². The number of hydrogen-bond donors (Lipinski definition) is 1. The molecule has 3 rings (SSSR count). The number of imidazole rings is 1. The van der Waals surface area contributed by atoms with E-state index < -0.39 is 29.0 Å². The molecule has 0 saturated carbocycles. The number of amides is 1. The summed E-state index contributed by atoms with van der Waals surface area (Å²) in [5.74, 6) is -5.07. The lowest BCUT2D eigenvalue weighted by Crippen LogP contribution is -2.15. The lowest BCUT2D eigenvalue weighted by atomic mass is 10.2. The largest absolute Gasteiger partial charge is 0.319 e. The molecule has 0 unspecified atom stereocenters. The zero-order chi connectivity index (χ0) is 15.0. The summed E-state index contributed by atoms with van der Waals surface area (Å²) in [5.41, 5.74) is 0.122. The molecule has 7 heteroatoms. The van der Waals surface area contributed by atoms with Gasteiger partial charge >= 0.3 is 0 Å². The predicted molar refractivity (Wildman–Crippen MR) is 69.5 cm³/mol. The van der Waals surface area contributed by atoms with Crippen LogP contribution in [0.3, 0.4) is 0 Å². The van der Waals surface area contributed by atoms with Gasteiger partial charge in [0.05, 0.1) is 11.3 Å². The number of carbonyl (C=O) groups is 1. The lowest BCUT2D eigenvalue weighted by Gasteiger charge is -2.08. The quantitative estimate of drug-likeness (QED) is 0.738. The van der Waals surface area contributed by atoms with Gasteiger partial charge in [0.1, 0.15) is 5.65 Å². The van der Waals surface area contributed by atoms with Crippen molar-refractivity contribution >= 4 is 17.2 Å². The normalized spacial score (nSPS) is 10.8. The molecule has 3 aromatic rings. The van der Waals surface area contributed by atoms with Crippen molar-refractivity contribution in [2.75, 3.05) is 5.32 Å². The van der Waals surface area contributed by atoms with Gasteiger partial charge in [-0.05, 0) is 24.3 Å². The first-order valence-electron chi connectivity index (χ1n) is 5.94. The predicted octanol–water partition coefficient (Wildman–Crippen LogP) is 3.00. The minimum atomic E-state index is -1.63. The number of pyridine rings is 1. The van der Waals surface area contributed by atoms with E-state index in [0.29, 0.717) is 5.65 Å². The smallest absolute Gasteiger partial charge is 0.259 e. The van der Waals surface area contributed by atoms with E-state index in [1.165, 1.54) is 12.3 Å². The highest BCUT2D eigenvalue weighted by molar-refractivity contribution is 6.08. The van der Waals surface area contributed by atoms with Gasteiger partial charge in [-0.15, -0.1) is 0 Å². The lowest BCUT2D eigenvalue weighted by molar-refractivity contribution is 0.102. The summed E-state index contributed by atoms with van der Waals surface area (Å²) >= 11 is 0. The average molecular weight is 291 g/mol. The van der Waals surface area contributed by atoms with Crippen LogP contribution in [-0.4, -0.2) is 15.3 Å². The highest BCUT2D eigenvalue weighted by Gasteiger charge is 2.17. The van der Waals surface area contributed by atoms with Crippen LogP contribution in [0.4, 0.5) is 18.9 Å². The second-order valence-electron chi connectivity index (χ2n) is 4.26. The first-order valence-corrected chi connectivity index (χ1v) is 5.94. The molecule has 21 heavy (non-hydrogen) atoms. The van der Waals surface area contributed by atoms with Crippen molar-refractivity contribution in [3.05, 3.63) is 65.9 Å². The number of nitrogens with zero attached hydrogens (tertiary/aromatic N) is 2. The first-order chi connectivity index (χ1) is 10.1.